The maximum absolute atomic E-state index is 11.6. The second kappa shape index (κ2) is 7.00. The summed E-state index contributed by atoms with van der Waals surface area (Å²) < 4.78 is 0. The van der Waals surface area contributed by atoms with Gasteiger partial charge in [0.25, 0.3) is 0 Å². The fraction of sp³-hybridized carbons (Fsp3) is 0.923. The number of carbonyl (C=O) groups excluding carboxylic acids is 1. The first kappa shape index (κ1) is 12.7. The lowest BCUT2D eigenvalue weighted by atomic mass is 9.91. The van der Waals surface area contributed by atoms with Gasteiger partial charge in [-0.25, -0.2) is 0 Å². The van der Waals surface area contributed by atoms with Crippen LogP contribution in [0.5, 0.6) is 0 Å². The van der Waals surface area contributed by atoms with Gasteiger partial charge in [0.2, 0.25) is 0 Å². The normalized spacial score (nSPS) is 26.9. The van der Waals surface area contributed by atoms with Crippen molar-refractivity contribution >= 4 is 5.78 Å². The highest BCUT2D eigenvalue weighted by Gasteiger charge is 2.25. The second-order valence-electron chi connectivity index (χ2n) is 4.79. The van der Waals surface area contributed by atoms with E-state index in [2.05, 4.69) is 19.2 Å². The summed E-state index contributed by atoms with van der Waals surface area (Å²) in [6.07, 6.45) is 8.82. The number of piperidine rings is 1. The van der Waals surface area contributed by atoms with Gasteiger partial charge in [-0.05, 0) is 12.8 Å². The third-order valence-corrected chi connectivity index (χ3v) is 3.23. The lowest BCUT2D eigenvalue weighted by Crippen LogP contribution is -2.45. The van der Waals surface area contributed by atoms with E-state index in [-0.39, 0.29) is 0 Å². The van der Waals surface area contributed by atoms with Crippen molar-refractivity contribution in [1.29, 1.82) is 0 Å². The molecule has 0 bridgehead atoms. The van der Waals surface area contributed by atoms with E-state index in [1.807, 2.05) is 0 Å². The minimum atomic E-state index is 0.466. The first-order valence-corrected chi connectivity index (χ1v) is 6.54. The lowest BCUT2D eigenvalue weighted by molar-refractivity contribution is -0.121. The molecule has 2 nitrogen and oxygen atoms in total. The van der Waals surface area contributed by atoms with Crippen LogP contribution in [0, 0.1) is 0 Å². The van der Waals surface area contributed by atoms with Gasteiger partial charge in [0, 0.05) is 24.9 Å². The Morgan fingerprint density at radius 2 is 1.53 bits per heavy atom. The monoisotopic (exact) mass is 211 g/mol. The van der Waals surface area contributed by atoms with E-state index in [0.29, 0.717) is 17.9 Å². The average Bonchev–Trinajstić information content (AvgIpc) is 2.23. The Morgan fingerprint density at radius 3 is 1.93 bits per heavy atom. The number of Topliss-reactive ketones (excluding diaryl/α,β-unsaturated/α-hetero) is 1. The lowest BCUT2D eigenvalue weighted by Gasteiger charge is -2.30. The topological polar surface area (TPSA) is 29.1 Å². The molecule has 2 heteroatoms. The zero-order valence-corrected chi connectivity index (χ0v) is 10.2. The van der Waals surface area contributed by atoms with Crippen molar-refractivity contribution in [3.05, 3.63) is 0 Å². The Kier molecular flexibility index (Phi) is 5.92. The quantitative estimate of drug-likeness (QED) is 0.731. The molecular formula is C13H25NO. The molecule has 0 aromatic heterocycles. The molecular weight excluding hydrogens is 186 g/mol. The smallest absolute Gasteiger partial charge is 0.136 e. The molecule has 1 N–H and O–H groups in total. The van der Waals surface area contributed by atoms with Crippen molar-refractivity contribution in [3.63, 3.8) is 0 Å². The molecule has 1 rings (SSSR count). The summed E-state index contributed by atoms with van der Waals surface area (Å²) in [5, 5.41) is 3.63. The van der Waals surface area contributed by atoms with Crippen molar-refractivity contribution in [3.8, 4) is 0 Å². The maximum atomic E-state index is 11.6. The average molecular weight is 211 g/mol. The molecule has 88 valence electrons. The van der Waals surface area contributed by atoms with Crippen molar-refractivity contribution in [1.82, 2.24) is 5.32 Å². The number of carbonyl (C=O) groups is 1. The fourth-order valence-corrected chi connectivity index (χ4v) is 2.36. The van der Waals surface area contributed by atoms with Gasteiger partial charge in [-0.2, -0.15) is 0 Å². The van der Waals surface area contributed by atoms with E-state index in [1.165, 1.54) is 38.5 Å². The molecule has 2 unspecified atom stereocenters. The Morgan fingerprint density at radius 1 is 1.07 bits per heavy atom. The molecule has 0 aliphatic carbocycles. The number of unbranched alkanes of at least 4 members (excludes halogenated alkanes) is 2. The van der Waals surface area contributed by atoms with Crippen LogP contribution < -0.4 is 5.32 Å². The second-order valence-corrected chi connectivity index (χ2v) is 4.79. The Bertz CT molecular complexity index is 173. The van der Waals surface area contributed by atoms with Crippen LogP contribution in [-0.4, -0.2) is 17.9 Å². The largest absolute Gasteiger partial charge is 0.310 e. The van der Waals surface area contributed by atoms with Crippen LogP contribution in [-0.2, 0) is 4.79 Å². The minimum Gasteiger partial charge on any atom is -0.310 e. The Balaban J connectivity index is 2.30. The molecule has 0 radical (unpaired) electrons. The molecule has 0 spiro atoms. The molecule has 2 atom stereocenters. The molecule has 1 aliphatic rings. The summed E-state index contributed by atoms with van der Waals surface area (Å²) in [6.45, 7) is 4.42. The van der Waals surface area contributed by atoms with E-state index in [0.717, 1.165) is 12.8 Å². The molecule has 1 heterocycles. The number of ketones is 1. The predicted octanol–water partition coefficient (Wildman–Crippen LogP) is 3.06. The zero-order valence-electron chi connectivity index (χ0n) is 10.2. The van der Waals surface area contributed by atoms with E-state index < -0.39 is 0 Å². The predicted molar refractivity (Wildman–Crippen MR) is 64.0 cm³/mol. The van der Waals surface area contributed by atoms with Crippen LogP contribution in [0.3, 0.4) is 0 Å². The standard InChI is InChI=1S/C13H25NO/c1-3-5-7-11-9-13(15)10-12(14-11)8-6-4-2/h11-12,14H,3-10H2,1-2H3. The van der Waals surface area contributed by atoms with Crippen molar-refractivity contribution in [2.75, 3.05) is 0 Å². The van der Waals surface area contributed by atoms with E-state index in [1.54, 1.807) is 0 Å². The van der Waals surface area contributed by atoms with Gasteiger partial charge < -0.3 is 5.32 Å². The SMILES string of the molecule is CCCCC1CC(=O)CC(CCCC)N1. The highest BCUT2D eigenvalue weighted by atomic mass is 16.1. The minimum absolute atomic E-state index is 0.466. The van der Waals surface area contributed by atoms with Gasteiger partial charge in [0.05, 0.1) is 0 Å². The van der Waals surface area contributed by atoms with Gasteiger partial charge in [-0.15, -0.1) is 0 Å². The molecule has 0 aromatic rings. The van der Waals surface area contributed by atoms with Crippen LogP contribution in [0.2, 0.25) is 0 Å². The summed E-state index contributed by atoms with van der Waals surface area (Å²) in [5.74, 6) is 0.468. The number of hydrogen-bond acceptors (Lipinski definition) is 2. The van der Waals surface area contributed by atoms with E-state index in [4.69, 9.17) is 0 Å². The molecule has 15 heavy (non-hydrogen) atoms. The van der Waals surface area contributed by atoms with E-state index >= 15 is 0 Å². The van der Waals surface area contributed by atoms with Gasteiger partial charge >= 0.3 is 0 Å². The molecule has 0 aromatic carbocycles. The highest BCUT2D eigenvalue weighted by molar-refractivity contribution is 5.80. The van der Waals surface area contributed by atoms with Gasteiger partial charge in [0.15, 0.2) is 0 Å². The Hall–Kier alpha value is -0.370. The summed E-state index contributed by atoms with van der Waals surface area (Å²) in [6, 6.07) is 0.932. The van der Waals surface area contributed by atoms with Crippen LogP contribution in [0.25, 0.3) is 0 Å². The van der Waals surface area contributed by atoms with Gasteiger partial charge in [-0.3, -0.25) is 4.79 Å². The first-order chi connectivity index (χ1) is 7.26. The highest BCUT2D eigenvalue weighted by Crippen LogP contribution is 2.17. The Labute approximate surface area is 93.8 Å². The summed E-state index contributed by atoms with van der Waals surface area (Å²) in [4.78, 5) is 11.6. The van der Waals surface area contributed by atoms with Crippen molar-refractivity contribution in [2.24, 2.45) is 0 Å². The zero-order chi connectivity index (χ0) is 11.1. The molecule has 0 amide bonds. The third-order valence-electron chi connectivity index (χ3n) is 3.23. The molecule has 1 aliphatic heterocycles. The van der Waals surface area contributed by atoms with Crippen LogP contribution in [0.1, 0.15) is 65.2 Å². The third kappa shape index (κ3) is 4.78. The molecule has 1 saturated heterocycles. The van der Waals surface area contributed by atoms with Gasteiger partial charge in [-0.1, -0.05) is 39.5 Å². The van der Waals surface area contributed by atoms with E-state index in [9.17, 15) is 4.79 Å². The van der Waals surface area contributed by atoms with Crippen LogP contribution in [0.4, 0.5) is 0 Å². The first-order valence-electron chi connectivity index (χ1n) is 6.54. The van der Waals surface area contributed by atoms with Gasteiger partial charge in [0.1, 0.15) is 5.78 Å². The van der Waals surface area contributed by atoms with Crippen molar-refractivity contribution in [2.45, 2.75) is 77.3 Å². The molecule has 1 fully saturated rings. The molecule has 0 saturated carbocycles. The number of rotatable bonds is 6. The summed E-state index contributed by atoms with van der Waals surface area (Å²) in [7, 11) is 0. The van der Waals surface area contributed by atoms with Crippen molar-refractivity contribution < 1.29 is 4.79 Å². The number of nitrogens with one attached hydrogen (secondary N) is 1. The van der Waals surface area contributed by atoms with Crippen LogP contribution >= 0.6 is 0 Å². The summed E-state index contributed by atoms with van der Waals surface area (Å²) in [5.41, 5.74) is 0. The maximum Gasteiger partial charge on any atom is 0.136 e. The summed E-state index contributed by atoms with van der Waals surface area (Å²) >= 11 is 0. The van der Waals surface area contributed by atoms with Crippen LogP contribution in [0.15, 0.2) is 0 Å². The number of hydrogen-bond donors (Lipinski definition) is 1. The fourth-order valence-electron chi connectivity index (χ4n) is 2.36.